The molecule has 1 aliphatic rings. The van der Waals surface area contributed by atoms with E-state index in [9.17, 15) is 9.90 Å². The molecule has 0 saturated carbocycles. The zero-order valence-electron chi connectivity index (χ0n) is 10.7. The molecule has 1 heterocycles. The zero-order valence-corrected chi connectivity index (χ0v) is 11.4. The molecule has 3 nitrogen and oxygen atoms in total. The third-order valence-corrected chi connectivity index (χ3v) is 3.55. The van der Waals surface area contributed by atoms with Crippen LogP contribution < -0.4 is 5.32 Å². The Morgan fingerprint density at radius 3 is 2.78 bits per heavy atom. The molecule has 2 rings (SSSR count). The summed E-state index contributed by atoms with van der Waals surface area (Å²) in [6.45, 7) is 4.25. The highest BCUT2D eigenvalue weighted by atomic mass is 35.5. The van der Waals surface area contributed by atoms with Gasteiger partial charge in [0.15, 0.2) is 0 Å². The van der Waals surface area contributed by atoms with E-state index in [0.29, 0.717) is 23.8 Å². The summed E-state index contributed by atoms with van der Waals surface area (Å²) in [6.07, 6.45) is 1.46. The smallest absolute Gasteiger partial charge is 0.228 e. The molecular formula is C14H18ClNO2. The van der Waals surface area contributed by atoms with Gasteiger partial charge < -0.3 is 10.4 Å². The average molecular weight is 268 g/mol. The Kier molecular flexibility index (Phi) is 3.93. The van der Waals surface area contributed by atoms with Gasteiger partial charge in [0.2, 0.25) is 5.91 Å². The molecule has 0 spiro atoms. The van der Waals surface area contributed by atoms with Crippen LogP contribution in [0.3, 0.4) is 0 Å². The molecule has 0 saturated heterocycles. The summed E-state index contributed by atoms with van der Waals surface area (Å²) in [5.41, 5.74) is 2.42. The molecule has 2 N–H and O–H groups in total. The van der Waals surface area contributed by atoms with Crippen LogP contribution in [0.4, 0.5) is 5.69 Å². The molecule has 0 aliphatic carbocycles. The van der Waals surface area contributed by atoms with Gasteiger partial charge in [-0.1, -0.05) is 25.4 Å². The van der Waals surface area contributed by atoms with Crippen LogP contribution in [-0.4, -0.2) is 11.0 Å². The number of carbonyl (C=O) groups is 1. The number of aliphatic hydroxyl groups is 1. The summed E-state index contributed by atoms with van der Waals surface area (Å²) < 4.78 is 0. The van der Waals surface area contributed by atoms with E-state index >= 15 is 0 Å². The van der Waals surface area contributed by atoms with Crippen molar-refractivity contribution in [2.45, 2.75) is 39.2 Å². The summed E-state index contributed by atoms with van der Waals surface area (Å²) >= 11 is 6.15. The van der Waals surface area contributed by atoms with Crippen molar-refractivity contribution >= 4 is 23.2 Å². The summed E-state index contributed by atoms with van der Waals surface area (Å²) in [4.78, 5) is 11.3. The largest absolute Gasteiger partial charge is 0.388 e. The third kappa shape index (κ3) is 2.85. The van der Waals surface area contributed by atoms with Gasteiger partial charge in [0, 0.05) is 10.7 Å². The van der Waals surface area contributed by atoms with E-state index in [1.54, 1.807) is 6.07 Å². The summed E-state index contributed by atoms with van der Waals surface area (Å²) in [6, 6.07) is 3.58. The van der Waals surface area contributed by atoms with Crippen LogP contribution in [0.1, 0.15) is 43.9 Å². The highest BCUT2D eigenvalue weighted by Crippen LogP contribution is 2.34. The first-order valence-electron chi connectivity index (χ1n) is 6.27. The number of halogens is 1. The van der Waals surface area contributed by atoms with Gasteiger partial charge in [-0.05, 0) is 42.0 Å². The van der Waals surface area contributed by atoms with E-state index in [1.165, 1.54) is 0 Å². The highest BCUT2D eigenvalue weighted by Gasteiger charge is 2.22. The van der Waals surface area contributed by atoms with Crippen molar-refractivity contribution in [3.63, 3.8) is 0 Å². The van der Waals surface area contributed by atoms with Crippen molar-refractivity contribution in [1.82, 2.24) is 0 Å². The lowest BCUT2D eigenvalue weighted by Crippen LogP contribution is -2.03. The van der Waals surface area contributed by atoms with Crippen LogP contribution in [0, 0.1) is 5.92 Å². The van der Waals surface area contributed by atoms with Gasteiger partial charge in [0.05, 0.1) is 12.5 Å². The van der Waals surface area contributed by atoms with E-state index in [-0.39, 0.29) is 5.91 Å². The molecule has 1 amide bonds. The van der Waals surface area contributed by atoms with Gasteiger partial charge >= 0.3 is 0 Å². The van der Waals surface area contributed by atoms with Crippen LogP contribution >= 0.6 is 11.6 Å². The molecule has 0 fully saturated rings. The number of rotatable bonds is 4. The number of hydrogen-bond donors (Lipinski definition) is 2. The Hall–Kier alpha value is -1.06. The minimum Gasteiger partial charge on any atom is -0.388 e. The van der Waals surface area contributed by atoms with Gasteiger partial charge in [-0.3, -0.25) is 4.79 Å². The number of hydrogen-bond acceptors (Lipinski definition) is 2. The van der Waals surface area contributed by atoms with Crippen molar-refractivity contribution in [1.29, 1.82) is 0 Å². The normalized spacial score (nSPS) is 15.7. The van der Waals surface area contributed by atoms with Crippen LogP contribution in [0.2, 0.25) is 5.02 Å². The van der Waals surface area contributed by atoms with E-state index in [1.807, 2.05) is 6.07 Å². The van der Waals surface area contributed by atoms with Crippen molar-refractivity contribution in [3.05, 3.63) is 28.3 Å². The number of anilines is 1. The number of amides is 1. The second kappa shape index (κ2) is 5.29. The first-order valence-corrected chi connectivity index (χ1v) is 6.65. The Morgan fingerprint density at radius 1 is 1.39 bits per heavy atom. The van der Waals surface area contributed by atoms with Crippen LogP contribution in [0.5, 0.6) is 0 Å². The molecule has 1 aromatic rings. The van der Waals surface area contributed by atoms with Gasteiger partial charge in [-0.15, -0.1) is 0 Å². The van der Waals surface area contributed by atoms with Crippen LogP contribution in [-0.2, 0) is 11.2 Å². The quantitative estimate of drug-likeness (QED) is 0.879. The zero-order chi connectivity index (χ0) is 13.3. The number of carbonyl (C=O) groups excluding carboxylic acids is 1. The van der Waals surface area contributed by atoms with E-state index in [2.05, 4.69) is 19.2 Å². The van der Waals surface area contributed by atoms with Crippen LogP contribution in [0.25, 0.3) is 0 Å². The second-order valence-corrected chi connectivity index (χ2v) is 5.65. The molecule has 0 bridgehead atoms. The fourth-order valence-corrected chi connectivity index (χ4v) is 2.46. The standard InChI is InChI=1S/C14H18ClNO2/c1-8(2)3-4-13(17)10-5-9-6-14(18)16-12(9)7-11(10)15/h5,7-8,13,17H,3-4,6H2,1-2H3,(H,16,18). The van der Waals surface area contributed by atoms with E-state index in [4.69, 9.17) is 11.6 Å². The molecular weight excluding hydrogens is 250 g/mol. The third-order valence-electron chi connectivity index (χ3n) is 3.22. The number of nitrogens with one attached hydrogen (secondary N) is 1. The van der Waals surface area contributed by atoms with Gasteiger partial charge in [0.25, 0.3) is 0 Å². The van der Waals surface area contributed by atoms with Crippen molar-refractivity contribution in [2.24, 2.45) is 5.92 Å². The lowest BCUT2D eigenvalue weighted by Gasteiger charge is -2.15. The van der Waals surface area contributed by atoms with Gasteiger partial charge in [-0.25, -0.2) is 0 Å². The molecule has 0 aromatic heterocycles. The molecule has 1 aromatic carbocycles. The molecule has 1 atom stereocenters. The molecule has 4 heteroatoms. The number of fused-ring (bicyclic) bond motifs is 1. The van der Waals surface area contributed by atoms with Gasteiger partial charge in [-0.2, -0.15) is 0 Å². The SMILES string of the molecule is CC(C)CCC(O)c1cc2c(cc1Cl)NC(=O)C2. The topological polar surface area (TPSA) is 49.3 Å². The van der Waals surface area contributed by atoms with Crippen LogP contribution in [0.15, 0.2) is 12.1 Å². The first kappa shape index (κ1) is 13.4. The molecule has 1 unspecified atom stereocenters. The summed E-state index contributed by atoms with van der Waals surface area (Å²) in [7, 11) is 0. The second-order valence-electron chi connectivity index (χ2n) is 5.24. The predicted octanol–water partition coefficient (Wildman–Crippen LogP) is 3.30. The monoisotopic (exact) mass is 267 g/mol. The van der Waals surface area contributed by atoms with Crippen molar-refractivity contribution in [3.8, 4) is 0 Å². The summed E-state index contributed by atoms with van der Waals surface area (Å²) in [5, 5.41) is 13.4. The maximum absolute atomic E-state index is 11.3. The molecule has 0 radical (unpaired) electrons. The maximum Gasteiger partial charge on any atom is 0.228 e. The Bertz CT molecular complexity index is 471. The molecule has 98 valence electrons. The lowest BCUT2D eigenvalue weighted by atomic mass is 9.98. The first-order chi connectivity index (χ1) is 8.47. The lowest BCUT2D eigenvalue weighted by molar-refractivity contribution is -0.115. The van der Waals surface area contributed by atoms with Crippen molar-refractivity contribution in [2.75, 3.05) is 5.32 Å². The Morgan fingerprint density at radius 2 is 2.11 bits per heavy atom. The maximum atomic E-state index is 11.3. The number of benzene rings is 1. The fourth-order valence-electron chi connectivity index (χ4n) is 2.17. The Balaban J connectivity index is 2.19. The minimum atomic E-state index is -0.555. The van der Waals surface area contributed by atoms with E-state index < -0.39 is 6.10 Å². The molecule has 18 heavy (non-hydrogen) atoms. The van der Waals surface area contributed by atoms with Crippen molar-refractivity contribution < 1.29 is 9.90 Å². The summed E-state index contributed by atoms with van der Waals surface area (Å²) in [5.74, 6) is 0.533. The number of aliphatic hydroxyl groups excluding tert-OH is 1. The average Bonchev–Trinajstić information content (AvgIpc) is 2.64. The van der Waals surface area contributed by atoms with E-state index in [0.717, 1.165) is 23.2 Å². The minimum absolute atomic E-state index is 0.0186. The Labute approximate surface area is 112 Å². The highest BCUT2D eigenvalue weighted by molar-refractivity contribution is 6.32. The molecule has 1 aliphatic heterocycles. The fraction of sp³-hybridized carbons (Fsp3) is 0.500. The van der Waals surface area contributed by atoms with Gasteiger partial charge in [0.1, 0.15) is 0 Å². The predicted molar refractivity (Wildman–Crippen MR) is 72.8 cm³/mol.